The number of carboxylic acids is 1. The Hall–Kier alpha value is -1.89. The molecule has 4 rings (SSSR count). The van der Waals surface area contributed by atoms with E-state index in [2.05, 4.69) is 4.90 Å². The van der Waals surface area contributed by atoms with E-state index in [1.54, 1.807) is 11.0 Å². The van der Waals surface area contributed by atoms with Crippen molar-refractivity contribution >= 4 is 23.5 Å². The van der Waals surface area contributed by atoms with Gasteiger partial charge in [-0.05, 0) is 11.6 Å². The minimum Gasteiger partial charge on any atom is -0.481 e. The van der Waals surface area contributed by atoms with E-state index in [-0.39, 0.29) is 5.91 Å². The molecule has 3 aliphatic heterocycles. The summed E-state index contributed by atoms with van der Waals surface area (Å²) in [6.45, 7) is 3.41. The number of halogens is 1. The zero-order valence-corrected chi connectivity index (χ0v) is 15.0. The largest absolute Gasteiger partial charge is 0.481 e. The minimum atomic E-state index is -0.961. The Labute approximate surface area is 157 Å². The molecule has 0 radical (unpaired) electrons. The number of carbonyl (C=O) groups is 2. The highest BCUT2D eigenvalue weighted by atomic mass is 35.5. The smallest absolute Gasteiger partial charge is 0.310 e. The van der Waals surface area contributed by atoms with Gasteiger partial charge in [-0.15, -0.1) is 0 Å². The van der Waals surface area contributed by atoms with Gasteiger partial charge in [0.1, 0.15) is 5.92 Å². The lowest BCUT2D eigenvalue weighted by Gasteiger charge is -2.37. The van der Waals surface area contributed by atoms with Gasteiger partial charge in [-0.2, -0.15) is 0 Å². The van der Waals surface area contributed by atoms with Crippen LogP contribution in [0.25, 0.3) is 0 Å². The van der Waals surface area contributed by atoms with Gasteiger partial charge in [0.05, 0.1) is 18.1 Å². The number of ether oxygens (including phenoxy) is 1. The number of benzene rings is 1. The molecule has 2 saturated heterocycles. The molecular formula is C19H21ClN2O4. The minimum absolute atomic E-state index is 0.105. The number of rotatable bonds is 4. The summed E-state index contributed by atoms with van der Waals surface area (Å²) in [5.41, 5.74) is 1.08. The van der Waals surface area contributed by atoms with Gasteiger partial charge < -0.3 is 14.7 Å². The van der Waals surface area contributed by atoms with Crippen LogP contribution < -0.4 is 0 Å². The third-order valence-corrected chi connectivity index (χ3v) is 5.87. The predicted molar refractivity (Wildman–Crippen MR) is 95.7 cm³/mol. The van der Waals surface area contributed by atoms with E-state index in [1.807, 2.05) is 30.3 Å². The number of hydrogen-bond acceptors (Lipinski definition) is 4. The highest BCUT2D eigenvalue weighted by molar-refractivity contribution is 6.31. The van der Waals surface area contributed by atoms with Crippen molar-refractivity contribution in [2.24, 2.45) is 11.8 Å². The Kier molecular flexibility index (Phi) is 4.73. The van der Waals surface area contributed by atoms with E-state index >= 15 is 0 Å². The molecule has 3 heterocycles. The van der Waals surface area contributed by atoms with Crippen LogP contribution >= 0.6 is 11.6 Å². The first kappa shape index (κ1) is 17.5. The van der Waals surface area contributed by atoms with E-state index in [0.29, 0.717) is 13.1 Å². The van der Waals surface area contributed by atoms with Gasteiger partial charge in [0.2, 0.25) is 5.91 Å². The molecule has 1 aromatic carbocycles. The van der Waals surface area contributed by atoms with Crippen LogP contribution in [0.15, 0.2) is 36.4 Å². The van der Waals surface area contributed by atoms with Crippen molar-refractivity contribution in [1.82, 2.24) is 9.80 Å². The van der Waals surface area contributed by atoms with Gasteiger partial charge in [-0.25, -0.2) is 0 Å². The summed E-state index contributed by atoms with van der Waals surface area (Å²) in [7, 11) is 0. The van der Waals surface area contributed by atoms with E-state index in [4.69, 9.17) is 16.3 Å². The lowest BCUT2D eigenvalue weighted by atomic mass is 9.82. The molecule has 3 aliphatic rings. The maximum Gasteiger partial charge on any atom is 0.310 e. The molecule has 0 aliphatic carbocycles. The number of aliphatic carboxylic acids is 1. The summed E-state index contributed by atoms with van der Waals surface area (Å²) in [4.78, 5) is 28.5. The Bertz CT molecular complexity index is 745. The van der Waals surface area contributed by atoms with Gasteiger partial charge in [-0.3, -0.25) is 14.5 Å². The number of fused-ring (bicyclic) bond motifs is 2. The number of carbonyl (C=O) groups excluding carboxylic acids is 1. The standard InChI is InChI=1S/C19H21ClN2O4/c20-13-4-2-1-3-12(13)11-21-7-9-22(10-8-21)18(23)16-14-5-6-15(26-14)17(16)19(24)25/h1-6,14-17H,7-11H2,(H,24,25)/t14-,15-,16+,17-/m0/s1. The quantitative estimate of drug-likeness (QED) is 0.809. The first-order chi connectivity index (χ1) is 12.5. The van der Waals surface area contributed by atoms with Gasteiger partial charge in [-0.1, -0.05) is 42.0 Å². The first-order valence-corrected chi connectivity index (χ1v) is 9.23. The van der Waals surface area contributed by atoms with Crippen LogP contribution in [-0.4, -0.2) is 65.2 Å². The lowest BCUT2D eigenvalue weighted by molar-refractivity contribution is -0.150. The van der Waals surface area contributed by atoms with Crippen molar-refractivity contribution in [3.05, 3.63) is 47.0 Å². The normalized spacial score (nSPS) is 30.7. The Morgan fingerprint density at radius 2 is 1.73 bits per heavy atom. The van der Waals surface area contributed by atoms with Crippen LogP contribution in [0.5, 0.6) is 0 Å². The maximum atomic E-state index is 12.9. The molecule has 138 valence electrons. The van der Waals surface area contributed by atoms with Gasteiger partial charge in [0, 0.05) is 37.7 Å². The van der Waals surface area contributed by atoms with Crippen LogP contribution in [0.3, 0.4) is 0 Å². The molecule has 0 aromatic heterocycles. The zero-order valence-electron chi connectivity index (χ0n) is 14.3. The van der Waals surface area contributed by atoms with Gasteiger partial charge in [0.15, 0.2) is 0 Å². The second-order valence-electron chi connectivity index (χ2n) is 7.03. The van der Waals surface area contributed by atoms with Crippen LogP contribution in [0.2, 0.25) is 5.02 Å². The molecule has 1 N–H and O–H groups in total. The summed E-state index contributed by atoms with van der Waals surface area (Å²) >= 11 is 6.22. The van der Waals surface area contributed by atoms with Crippen molar-refractivity contribution in [2.45, 2.75) is 18.8 Å². The van der Waals surface area contributed by atoms with Crippen LogP contribution in [0, 0.1) is 11.8 Å². The third-order valence-electron chi connectivity index (χ3n) is 5.51. The molecule has 7 heteroatoms. The second kappa shape index (κ2) is 7.02. The van der Waals surface area contributed by atoms with Crippen molar-refractivity contribution in [2.75, 3.05) is 26.2 Å². The van der Waals surface area contributed by atoms with E-state index in [9.17, 15) is 14.7 Å². The van der Waals surface area contributed by atoms with Gasteiger partial charge in [0.25, 0.3) is 0 Å². The third kappa shape index (κ3) is 3.13. The number of hydrogen-bond donors (Lipinski definition) is 1. The highest BCUT2D eigenvalue weighted by Crippen LogP contribution is 2.40. The number of piperazine rings is 1. The number of nitrogens with zero attached hydrogens (tertiary/aromatic N) is 2. The summed E-state index contributed by atoms with van der Waals surface area (Å²) in [6, 6.07) is 7.77. The van der Waals surface area contributed by atoms with E-state index < -0.39 is 30.0 Å². The van der Waals surface area contributed by atoms with Crippen LogP contribution in [0.4, 0.5) is 0 Å². The first-order valence-electron chi connectivity index (χ1n) is 8.86. The fourth-order valence-electron chi connectivity index (χ4n) is 4.10. The SMILES string of the molecule is O=C(O)[C@@H]1[C@H](C(=O)N2CCN(Cc3ccccc3Cl)CC2)[C@@H]2C=C[C@@H]1O2. The Morgan fingerprint density at radius 3 is 2.38 bits per heavy atom. The number of amides is 1. The van der Waals surface area contributed by atoms with Crippen LogP contribution in [0.1, 0.15) is 5.56 Å². The van der Waals surface area contributed by atoms with Crippen molar-refractivity contribution in [3.8, 4) is 0 Å². The summed E-state index contributed by atoms with van der Waals surface area (Å²) in [5, 5.41) is 10.2. The Balaban J connectivity index is 1.37. The molecular weight excluding hydrogens is 356 g/mol. The number of carboxylic acid groups (broad SMARTS) is 1. The second-order valence-corrected chi connectivity index (χ2v) is 7.44. The summed E-state index contributed by atoms with van der Waals surface area (Å²) in [6.07, 6.45) is 2.69. The molecule has 0 unspecified atom stereocenters. The molecule has 26 heavy (non-hydrogen) atoms. The molecule has 0 spiro atoms. The molecule has 0 saturated carbocycles. The Morgan fingerprint density at radius 1 is 1.08 bits per heavy atom. The molecule has 4 atom stereocenters. The van der Waals surface area contributed by atoms with E-state index in [0.717, 1.165) is 30.2 Å². The average molecular weight is 377 g/mol. The van der Waals surface area contributed by atoms with Crippen molar-refractivity contribution in [1.29, 1.82) is 0 Å². The van der Waals surface area contributed by atoms with Crippen molar-refractivity contribution in [3.63, 3.8) is 0 Å². The van der Waals surface area contributed by atoms with Crippen LogP contribution in [-0.2, 0) is 20.9 Å². The average Bonchev–Trinajstić information content (AvgIpc) is 3.25. The topological polar surface area (TPSA) is 70.1 Å². The summed E-state index contributed by atoms with van der Waals surface area (Å²) < 4.78 is 5.62. The fraction of sp³-hybridized carbons (Fsp3) is 0.474. The zero-order chi connectivity index (χ0) is 18.3. The molecule has 1 aromatic rings. The molecule has 2 fully saturated rings. The molecule has 1 amide bonds. The lowest BCUT2D eigenvalue weighted by Crippen LogP contribution is -2.52. The van der Waals surface area contributed by atoms with E-state index in [1.165, 1.54) is 0 Å². The highest BCUT2D eigenvalue weighted by Gasteiger charge is 2.54. The molecule has 2 bridgehead atoms. The molecule has 6 nitrogen and oxygen atoms in total. The summed E-state index contributed by atoms with van der Waals surface area (Å²) in [5.74, 6) is -2.46. The predicted octanol–water partition coefficient (Wildman–Crippen LogP) is 1.64. The monoisotopic (exact) mass is 376 g/mol. The van der Waals surface area contributed by atoms with Gasteiger partial charge >= 0.3 is 5.97 Å². The van der Waals surface area contributed by atoms with Crippen molar-refractivity contribution < 1.29 is 19.4 Å². The maximum absolute atomic E-state index is 12.9. The fourth-order valence-corrected chi connectivity index (χ4v) is 4.30.